The van der Waals surface area contributed by atoms with Crippen molar-refractivity contribution in [2.45, 2.75) is 25.7 Å². The zero-order valence-electron chi connectivity index (χ0n) is 16.4. The van der Waals surface area contributed by atoms with Gasteiger partial charge in [-0.25, -0.2) is 0 Å². The third-order valence-corrected chi connectivity index (χ3v) is 3.73. The summed E-state index contributed by atoms with van der Waals surface area (Å²) in [5.41, 5.74) is 11.0. The zero-order valence-corrected chi connectivity index (χ0v) is 16.4. The quantitative estimate of drug-likeness (QED) is 0.151. The second kappa shape index (κ2) is 18.0. The van der Waals surface area contributed by atoms with E-state index in [-0.39, 0.29) is 5.91 Å². The third-order valence-electron chi connectivity index (χ3n) is 3.73. The van der Waals surface area contributed by atoms with Crippen LogP contribution in [-0.2, 0) is 4.79 Å². The molecule has 150 valence electrons. The monoisotopic (exact) mass is 359 g/mol. The van der Waals surface area contributed by atoms with Gasteiger partial charge in [-0.05, 0) is 92.1 Å². The third kappa shape index (κ3) is 17.8. The predicted octanol–water partition coefficient (Wildman–Crippen LogP) is -1.42. The number of nitrogens with zero attached hydrogens (tertiary/aromatic N) is 2. The number of hydrogen-bond acceptors (Lipinski definition) is 7. The van der Waals surface area contributed by atoms with E-state index < -0.39 is 0 Å². The van der Waals surface area contributed by atoms with Crippen LogP contribution >= 0.6 is 0 Å². The van der Waals surface area contributed by atoms with Crippen molar-refractivity contribution < 1.29 is 4.79 Å². The van der Waals surface area contributed by atoms with Gasteiger partial charge in [-0.15, -0.1) is 0 Å². The van der Waals surface area contributed by atoms with E-state index >= 15 is 0 Å². The van der Waals surface area contributed by atoms with Gasteiger partial charge in [0.2, 0.25) is 5.91 Å². The predicted molar refractivity (Wildman–Crippen MR) is 105 cm³/mol. The van der Waals surface area contributed by atoms with Crippen LogP contribution < -0.4 is 27.4 Å². The lowest BCUT2D eigenvalue weighted by Gasteiger charge is -2.22. The van der Waals surface area contributed by atoms with Gasteiger partial charge in [0.05, 0.1) is 13.2 Å². The van der Waals surface area contributed by atoms with E-state index in [0.29, 0.717) is 13.2 Å². The molecule has 0 atom stereocenters. The molecule has 0 saturated carbocycles. The Hall–Kier alpha value is -0.770. The summed E-state index contributed by atoms with van der Waals surface area (Å²) in [5.74, 6) is 0.0841. The zero-order chi connectivity index (χ0) is 18.8. The number of nitrogens with two attached hydrogens (primary N) is 2. The van der Waals surface area contributed by atoms with Crippen molar-refractivity contribution in [1.29, 1.82) is 0 Å². The van der Waals surface area contributed by atoms with Gasteiger partial charge >= 0.3 is 0 Å². The van der Waals surface area contributed by atoms with Crippen molar-refractivity contribution in [3.05, 3.63) is 0 Å². The standard InChI is InChI=1S/C17H41N7O/c1-23(2)16-22-17(25)15-24(13-5-11-20-9-3-7-18)14-6-12-21-10-4-8-19/h20-21H,3-16,18-19H2,1-2H3,(H,22,25). The van der Waals surface area contributed by atoms with Crippen molar-refractivity contribution in [3.63, 3.8) is 0 Å². The van der Waals surface area contributed by atoms with Gasteiger partial charge in [0, 0.05) is 0 Å². The van der Waals surface area contributed by atoms with Crippen LogP contribution in [0, 0.1) is 0 Å². The van der Waals surface area contributed by atoms with E-state index in [4.69, 9.17) is 11.5 Å². The molecule has 0 unspecified atom stereocenters. The molecule has 1 amide bonds. The molecule has 0 bridgehead atoms. The summed E-state index contributed by atoms with van der Waals surface area (Å²) in [4.78, 5) is 16.3. The molecule has 7 N–H and O–H groups in total. The number of amides is 1. The first-order valence-electron chi connectivity index (χ1n) is 9.55. The highest BCUT2D eigenvalue weighted by molar-refractivity contribution is 5.77. The fourth-order valence-electron chi connectivity index (χ4n) is 2.33. The second-order valence-electron chi connectivity index (χ2n) is 6.61. The van der Waals surface area contributed by atoms with Gasteiger partial charge in [-0.3, -0.25) is 14.6 Å². The molecule has 0 heterocycles. The molecule has 25 heavy (non-hydrogen) atoms. The van der Waals surface area contributed by atoms with Crippen molar-refractivity contribution in [3.8, 4) is 0 Å². The minimum Gasteiger partial charge on any atom is -0.342 e. The van der Waals surface area contributed by atoms with Crippen molar-refractivity contribution in [2.24, 2.45) is 11.5 Å². The Balaban J connectivity index is 4.01. The number of nitrogens with one attached hydrogen (secondary N) is 3. The summed E-state index contributed by atoms with van der Waals surface area (Å²) < 4.78 is 0. The molecule has 0 aliphatic rings. The number of carbonyl (C=O) groups excluding carboxylic acids is 1. The van der Waals surface area contributed by atoms with Crippen LogP contribution in [0.25, 0.3) is 0 Å². The van der Waals surface area contributed by atoms with Gasteiger partial charge in [0.15, 0.2) is 0 Å². The molecule has 0 fully saturated rings. The van der Waals surface area contributed by atoms with E-state index in [1.165, 1.54) is 0 Å². The Morgan fingerprint density at radius 2 is 1.32 bits per heavy atom. The lowest BCUT2D eigenvalue weighted by Crippen LogP contribution is -2.42. The highest BCUT2D eigenvalue weighted by Gasteiger charge is 2.10. The molecule has 0 aromatic carbocycles. The van der Waals surface area contributed by atoms with E-state index in [9.17, 15) is 4.79 Å². The summed E-state index contributed by atoms with van der Waals surface area (Å²) in [6.07, 6.45) is 4.08. The number of carbonyl (C=O) groups is 1. The van der Waals surface area contributed by atoms with E-state index in [1.54, 1.807) is 0 Å². The van der Waals surface area contributed by atoms with E-state index in [1.807, 2.05) is 19.0 Å². The fourth-order valence-corrected chi connectivity index (χ4v) is 2.33. The molecule has 0 spiro atoms. The van der Waals surface area contributed by atoms with Crippen LogP contribution in [0.2, 0.25) is 0 Å². The molecule has 0 aromatic heterocycles. The van der Waals surface area contributed by atoms with E-state index in [0.717, 1.165) is 78.0 Å². The molecule has 0 aromatic rings. The van der Waals surface area contributed by atoms with Crippen molar-refractivity contribution in [2.75, 3.05) is 79.7 Å². The van der Waals surface area contributed by atoms with Crippen molar-refractivity contribution >= 4 is 5.91 Å². The minimum absolute atomic E-state index is 0.0841. The minimum atomic E-state index is 0.0841. The topological polar surface area (TPSA) is 112 Å². The van der Waals surface area contributed by atoms with Crippen molar-refractivity contribution in [1.82, 2.24) is 25.8 Å². The SMILES string of the molecule is CN(C)CNC(=O)CN(CCCNCCCN)CCCNCCCN. The molecular formula is C17H41N7O. The molecule has 0 radical (unpaired) electrons. The molecule has 0 rings (SSSR count). The average molecular weight is 360 g/mol. The largest absolute Gasteiger partial charge is 0.342 e. The highest BCUT2D eigenvalue weighted by atomic mass is 16.2. The number of hydrogen-bond donors (Lipinski definition) is 5. The lowest BCUT2D eigenvalue weighted by atomic mass is 10.3. The Labute approximate surface area is 154 Å². The average Bonchev–Trinajstić information content (AvgIpc) is 2.58. The maximum absolute atomic E-state index is 12.1. The molecular weight excluding hydrogens is 318 g/mol. The van der Waals surface area contributed by atoms with Gasteiger partial charge < -0.3 is 27.4 Å². The van der Waals surface area contributed by atoms with Crippen LogP contribution in [0.1, 0.15) is 25.7 Å². The first-order chi connectivity index (χ1) is 12.1. The first kappa shape index (κ1) is 24.2. The first-order valence-corrected chi connectivity index (χ1v) is 9.55. The summed E-state index contributed by atoms with van der Waals surface area (Å²) in [7, 11) is 3.89. The molecule has 8 heteroatoms. The maximum Gasteiger partial charge on any atom is 0.235 e. The molecule has 0 saturated heterocycles. The van der Waals surface area contributed by atoms with Gasteiger partial charge in [-0.1, -0.05) is 0 Å². The molecule has 0 aliphatic heterocycles. The fraction of sp³-hybridized carbons (Fsp3) is 0.941. The van der Waals surface area contributed by atoms with Crippen LogP contribution in [0.5, 0.6) is 0 Å². The van der Waals surface area contributed by atoms with Gasteiger partial charge in [0.25, 0.3) is 0 Å². The normalized spacial score (nSPS) is 11.4. The summed E-state index contributed by atoms with van der Waals surface area (Å²) in [6, 6.07) is 0. The Bertz CT molecular complexity index is 287. The Kier molecular flexibility index (Phi) is 17.5. The second-order valence-corrected chi connectivity index (χ2v) is 6.61. The maximum atomic E-state index is 12.1. The van der Waals surface area contributed by atoms with Gasteiger partial charge in [-0.2, -0.15) is 0 Å². The summed E-state index contributed by atoms with van der Waals surface area (Å²) in [5, 5.41) is 9.71. The van der Waals surface area contributed by atoms with Crippen LogP contribution in [-0.4, -0.2) is 95.4 Å². The Morgan fingerprint density at radius 3 is 1.76 bits per heavy atom. The van der Waals surface area contributed by atoms with Gasteiger partial charge in [0.1, 0.15) is 0 Å². The van der Waals surface area contributed by atoms with E-state index in [2.05, 4.69) is 20.9 Å². The smallest absolute Gasteiger partial charge is 0.235 e. The van der Waals surface area contributed by atoms with Crippen LogP contribution in [0.3, 0.4) is 0 Å². The lowest BCUT2D eigenvalue weighted by molar-refractivity contribution is -0.122. The number of rotatable bonds is 18. The molecule has 8 nitrogen and oxygen atoms in total. The summed E-state index contributed by atoms with van der Waals surface area (Å²) >= 11 is 0. The summed E-state index contributed by atoms with van der Waals surface area (Å²) in [6.45, 7) is 8.19. The Morgan fingerprint density at radius 1 is 0.840 bits per heavy atom. The highest BCUT2D eigenvalue weighted by Crippen LogP contribution is 1.95. The van der Waals surface area contributed by atoms with Crippen LogP contribution in [0.4, 0.5) is 0 Å². The molecule has 0 aliphatic carbocycles. The van der Waals surface area contributed by atoms with Crippen LogP contribution in [0.15, 0.2) is 0 Å².